The second-order valence-corrected chi connectivity index (χ2v) is 0.408. The van der Waals surface area contributed by atoms with Crippen molar-refractivity contribution in [3.8, 4) is 0 Å². The van der Waals surface area contributed by atoms with Gasteiger partial charge < -0.3 is 0 Å². The van der Waals surface area contributed by atoms with Crippen LogP contribution in [0.1, 0.15) is 7.43 Å². The lowest BCUT2D eigenvalue weighted by molar-refractivity contribution is 0.562. The molecule has 0 unspecified atom stereocenters. The maximum atomic E-state index is 8.35. The van der Waals surface area contributed by atoms with Gasteiger partial charge in [-0.05, 0) is 0 Å². The summed E-state index contributed by atoms with van der Waals surface area (Å²) < 4.78 is 0. The molecule has 0 amide bonds. The van der Waals surface area contributed by atoms with Crippen LogP contribution >= 0.6 is 0 Å². The molecule has 0 aliphatic heterocycles. The topological polar surface area (TPSA) is 164 Å². The lowest BCUT2D eigenvalue weighted by atomic mass is 11.7. The lowest BCUT2D eigenvalue weighted by Crippen LogP contribution is -1.16. The molecule has 0 spiro atoms. The first kappa shape index (κ1) is 31.3. The summed E-state index contributed by atoms with van der Waals surface area (Å²) in [5, 5.41) is 21.6. The molecule has 0 bridgehead atoms. The molecule has 4 N–H and O–H groups in total. The normalized spacial score (nSPS) is 2.46. The van der Waals surface area contributed by atoms with Crippen molar-refractivity contribution in [2.45, 2.75) is 7.43 Å². The SMILES string of the molecule is C.N=C=O.N=C=O.N=C=O.N=C=O. The van der Waals surface area contributed by atoms with E-state index in [1.165, 1.54) is 0 Å². The number of carbonyl (C=O) groups excluding carboxylic acids is 4. The average Bonchev–Trinajstić information content (AvgIpc) is 1.92. The molecule has 0 aromatic rings. The summed E-state index contributed by atoms with van der Waals surface area (Å²) in [7, 11) is 0. The van der Waals surface area contributed by atoms with Gasteiger partial charge in [-0.25, -0.2) is 40.8 Å². The van der Waals surface area contributed by atoms with Crippen LogP contribution in [0.25, 0.3) is 0 Å². The highest BCUT2D eigenvalue weighted by atomic mass is 16.1. The Hall–Kier alpha value is -2.48. The van der Waals surface area contributed by atoms with E-state index in [0.29, 0.717) is 0 Å². The number of hydrogen-bond donors (Lipinski definition) is 4. The van der Waals surface area contributed by atoms with Gasteiger partial charge in [-0.2, -0.15) is 0 Å². The highest BCUT2D eigenvalue weighted by Gasteiger charge is 1.04. The van der Waals surface area contributed by atoms with Crippen molar-refractivity contribution in [2.24, 2.45) is 0 Å². The van der Waals surface area contributed by atoms with Crippen LogP contribution in [0, 0.1) is 21.6 Å². The first-order chi connectivity index (χ1) is 5.66. The summed E-state index contributed by atoms with van der Waals surface area (Å²) in [5.41, 5.74) is 0. The van der Waals surface area contributed by atoms with Crippen LogP contribution in [0.5, 0.6) is 0 Å². The largest absolute Gasteiger partial charge is 0.231 e. The molecule has 0 saturated carbocycles. The molecule has 0 atom stereocenters. The summed E-state index contributed by atoms with van der Waals surface area (Å²) in [6.07, 6.45) is 3.00. The zero-order chi connectivity index (χ0) is 10.8. The van der Waals surface area contributed by atoms with E-state index in [9.17, 15) is 0 Å². The second-order valence-electron chi connectivity index (χ2n) is 0.408. The van der Waals surface area contributed by atoms with E-state index in [1.54, 1.807) is 0 Å². The Morgan fingerprint density at radius 2 is 0.538 bits per heavy atom. The van der Waals surface area contributed by atoms with E-state index in [1.807, 2.05) is 0 Å². The molecule has 0 rings (SSSR count). The Morgan fingerprint density at radius 3 is 0.538 bits per heavy atom. The van der Waals surface area contributed by atoms with Gasteiger partial charge in [-0.15, -0.1) is 0 Å². The molecule has 8 heteroatoms. The molecule has 72 valence electrons. The molecule has 0 aliphatic rings. The van der Waals surface area contributed by atoms with E-state index >= 15 is 0 Å². The van der Waals surface area contributed by atoms with Gasteiger partial charge in [0.1, 0.15) is 0 Å². The van der Waals surface area contributed by atoms with Gasteiger partial charge in [-0.3, -0.25) is 0 Å². The summed E-state index contributed by atoms with van der Waals surface area (Å²) in [4.78, 5) is 33.4. The van der Waals surface area contributed by atoms with Gasteiger partial charge >= 0.3 is 0 Å². The monoisotopic (exact) mass is 188 g/mol. The fraction of sp³-hybridized carbons (Fsp3) is 0.200. The molecule has 0 aromatic carbocycles. The molecule has 13 heavy (non-hydrogen) atoms. The van der Waals surface area contributed by atoms with E-state index in [-0.39, 0.29) is 7.43 Å². The number of nitrogens with one attached hydrogen (secondary N) is 4. The van der Waals surface area contributed by atoms with Gasteiger partial charge in [0.2, 0.25) is 24.3 Å². The Labute approximate surface area is 73.6 Å². The third-order valence-corrected chi connectivity index (χ3v) is 0. The third kappa shape index (κ3) is 87.5. The minimum Gasteiger partial charge on any atom is -0.222 e. The molecule has 0 saturated heterocycles. The van der Waals surface area contributed by atoms with Crippen LogP contribution in [0.3, 0.4) is 0 Å². The summed E-state index contributed by atoms with van der Waals surface area (Å²) in [5.74, 6) is 0. The van der Waals surface area contributed by atoms with Crippen LogP contribution < -0.4 is 0 Å². The van der Waals surface area contributed by atoms with Gasteiger partial charge in [0.05, 0.1) is 0 Å². The fourth-order valence-electron chi connectivity index (χ4n) is 0. The van der Waals surface area contributed by atoms with Gasteiger partial charge in [0.25, 0.3) is 0 Å². The van der Waals surface area contributed by atoms with Crippen LogP contribution in [0.4, 0.5) is 0 Å². The predicted octanol–water partition coefficient (Wildman–Crippen LogP) is 0.240. The van der Waals surface area contributed by atoms with E-state index in [2.05, 4.69) is 0 Å². The number of isocyanates is 4. The van der Waals surface area contributed by atoms with Crippen LogP contribution in [-0.2, 0) is 19.2 Å². The highest BCUT2D eigenvalue weighted by Crippen LogP contribution is 0.877. The van der Waals surface area contributed by atoms with Crippen molar-refractivity contribution in [2.75, 3.05) is 0 Å². The molecule has 8 nitrogen and oxygen atoms in total. The summed E-state index contributed by atoms with van der Waals surface area (Å²) in [6.45, 7) is 0. The maximum Gasteiger partial charge on any atom is 0.231 e. The van der Waals surface area contributed by atoms with Gasteiger partial charge in [-0.1, -0.05) is 7.43 Å². The van der Waals surface area contributed by atoms with Gasteiger partial charge in [0.15, 0.2) is 0 Å². The second kappa shape index (κ2) is 299. The molecular formula is C5H8N4O4. The van der Waals surface area contributed by atoms with Crippen molar-refractivity contribution in [1.82, 2.24) is 0 Å². The fourth-order valence-corrected chi connectivity index (χ4v) is 0. The first-order valence-corrected chi connectivity index (χ1v) is 1.82. The Bertz CT molecular complexity index is 153. The molecule has 0 heterocycles. The first-order valence-electron chi connectivity index (χ1n) is 1.82. The van der Waals surface area contributed by atoms with Crippen LogP contribution in [-0.4, -0.2) is 24.3 Å². The van der Waals surface area contributed by atoms with E-state index in [4.69, 9.17) is 40.8 Å². The minimum absolute atomic E-state index is 0. The zero-order valence-corrected chi connectivity index (χ0v) is 5.63. The van der Waals surface area contributed by atoms with Crippen molar-refractivity contribution < 1.29 is 19.2 Å². The van der Waals surface area contributed by atoms with Crippen molar-refractivity contribution in [3.05, 3.63) is 0 Å². The third-order valence-electron chi connectivity index (χ3n) is 0. The van der Waals surface area contributed by atoms with Crippen molar-refractivity contribution in [3.63, 3.8) is 0 Å². The number of hydrogen-bond acceptors (Lipinski definition) is 8. The summed E-state index contributed by atoms with van der Waals surface area (Å²) in [6, 6.07) is 0. The Kier molecular flexibility index (Phi) is 720. The van der Waals surface area contributed by atoms with Crippen LogP contribution in [0.15, 0.2) is 0 Å². The minimum atomic E-state index is 0. The molecule has 0 radical (unpaired) electrons. The zero-order valence-electron chi connectivity index (χ0n) is 5.63. The summed E-state index contributed by atoms with van der Waals surface area (Å²) >= 11 is 0. The van der Waals surface area contributed by atoms with Crippen molar-refractivity contribution >= 4 is 24.3 Å². The Balaban J connectivity index is -0.0000000213. The Morgan fingerprint density at radius 1 is 0.538 bits per heavy atom. The molecular weight excluding hydrogens is 180 g/mol. The highest BCUT2D eigenvalue weighted by molar-refractivity contribution is 5.26. The van der Waals surface area contributed by atoms with E-state index < -0.39 is 0 Å². The molecule has 0 aliphatic carbocycles. The quantitative estimate of drug-likeness (QED) is 0.316. The smallest absolute Gasteiger partial charge is 0.222 e. The average molecular weight is 188 g/mol. The van der Waals surface area contributed by atoms with E-state index in [0.717, 1.165) is 24.3 Å². The number of rotatable bonds is 0. The van der Waals surface area contributed by atoms with Gasteiger partial charge in [0, 0.05) is 0 Å². The van der Waals surface area contributed by atoms with Crippen molar-refractivity contribution in [1.29, 1.82) is 21.6 Å². The molecule has 0 fully saturated rings. The standard InChI is InChI=1S/4CHNO.CH4/c4*2-1-3;/h4*2H;1H4. The predicted molar refractivity (Wildman–Crippen MR) is 40.4 cm³/mol. The van der Waals surface area contributed by atoms with Crippen LogP contribution in [0.2, 0.25) is 0 Å². The molecule has 0 aromatic heterocycles. The maximum absolute atomic E-state index is 8.35. The lowest BCUT2D eigenvalue weighted by Gasteiger charge is -1.02.